The van der Waals surface area contributed by atoms with Gasteiger partial charge in [-0.1, -0.05) is 38.5 Å². The molecule has 1 aromatic carbocycles. The van der Waals surface area contributed by atoms with E-state index in [0.29, 0.717) is 17.0 Å². The number of benzene rings is 1. The van der Waals surface area contributed by atoms with Crippen LogP contribution in [0.15, 0.2) is 41.3 Å². The summed E-state index contributed by atoms with van der Waals surface area (Å²) in [7, 11) is 0. The molecule has 2 unspecified atom stereocenters. The van der Waals surface area contributed by atoms with Crippen LogP contribution in [-0.2, 0) is 0 Å². The molecule has 0 saturated heterocycles. The zero-order chi connectivity index (χ0) is 18.0. The lowest BCUT2D eigenvalue weighted by Gasteiger charge is -2.29. The highest BCUT2D eigenvalue weighted by Gasteiger charge is 2.27. The number of H-pyrrole nitrogens is 1. The summed E-state index contributed by atoms with van der Waals surface area (Å²) in [4.78, 5) is 19.5. The number of hydrogen-bond donors (Lipinski definition) is 3. The molecule has 7 heteroatoms. The van der Waals surface area contributed by atoms with Gasteiger partial charge in [-0.25, -0.2) is 4.68 Å². The maximum absolute atomic E-state index is 12.3. The predicted octanol–water partition coefficient (Wildman–Crippen LogP) is 2.32. The topological polar surface area (TPSA) is 95.8 Å². The van der Waals surface area contributed by atoms with Crippen molar-refractivity contribution < 1.29 is 5.11 Å². The smallest absolute Gasteiger partial charge is 0.263 e. The Hall–Kier alpha value is -2.67. The summed E-state index contributed by atoms with van der Waals surface area (Å²) in [6.45, 7) is 6.09. The Morgan fingerprint density at radius 3 is 2.76 bits per heavy atom. The van der Waals surface area contributed by atoms with Crippen molar-refractivity contribution in [2.24, 2.45) is 5.92 Å². The molecule has 2 aromatic heterocycles. The van der Waals surface area contributed by atoms with E-state index in [-0.39, 0.29) is 18.0 Å². The molecular weight excluding hydrogens is 318 g/mol. The van der Waals surface area contributed by atoms with E-state index in [2.05, 4.69) is 20.4 Å². The Morgan fingerprint density at radius 1 is 1.36 bits per heavy atom. The molecule has 0 aliphatic heterocycles. The van der Waals surface area contributed by atoms with E-state index in [1.807, 2.05) is 44.2 Å². The van der Waals surface area contributed by atoms with Crippen LogP contribution in [0.5, 0.6) is 0 Å². The molecule has 0 bridgehead atoms. The van der Waals surface area contributed by atoms with Gasteiger partial charge in [-0.3, -0.25) is 9.78 Å². The lowest BCUT2D eigenvalue weighted by atomic mass is 9.89. The van der Waals surface area contributed by atoms with Crippen LogP contribution in [0.3, 0.4) is 0 Å². The second-order valence-corrected chi connectivity index (χ2v) is 6.56. The molecule has 0 radical (unpaired) electrons. The first kappa shape index (κ1) is 17.2. The van der Waals surface area contributed by atoms with E-state index < -0.39 is 5.60 Å². The number of aromatic amines is 1. The lowest BCUT2D eigenvalue weighted by molar-refractivity contribution is 0.0174. The summed E-state index contributed by atoms with van der Waals surface area (Å²) in [6.07, 6.45) is 2.37. The van der Waals surface area contributed by atoms with Gasteiger partial charge in [-0.05, 0) is 25.0 Å². The zero-order valence-corrected chi connectivity index (χ0v) is 14.7. The van der Waals surface area contributed by atoms with E-state index in [9.17, 15) is 9.90 Å². The van der Waals surface area contributed by atoms with Crippen LogP contribution in [0.25, 0.3) is 16.7 Å². The van der Waals surface area contributed by atoms with Crippen LogP contribution < -0.4 is 10.9 Å². The first-order valence-corrected chi connectivity index (χ1v) is 8.42. The minimum absolute atomic E-state index is 0.116. The van der Waals surface area contributed by atoms with Gasteiger partial charge in [0.2, 0.25) is 5.95 Å². The first-order chi connectivity index (χ1) is 11.9. The van der Waals surface area contributed by atoms with Crippen LogP contribution in [0, 0.1) is 5.92 Å². The van der Waals surface area contributed by atoms with Gasteiger partial charge in [-0.2, -0.15) is 10.1 Å². The third-order valence-electron chi connectivity index (χ3n) is 4.73. The fourth-order valence-corrected chi connectivity index (χ4v) is 2.64. The third-order valence-corrected chi connectivity index (χ3v) is 4.73. The normalized spacial score (nSPS) is 15.0. The van der Waals surface area contributed by atoms with E-state index >= 15 is 0 Å². The molecule has 0 aliphatic rings. The van der Waals surface area contributed by atoms with Crippen molar-refractivity contribution in [1.29, 1.82) is 0 Å². The average Bonchev–Trinajstić information content (AvgIpc) is 3.04. The molecule has 0 amide bonds. The number of rotatable bonds is 6. The number of nitrogens with zero attached hydrogens (tertiary/aromatic N) is 3. The summed E-state index contributed by atoms with van der Waals surface area (Å²) < 4.78 is 1.63. The van der Waals surface area contributed by atoms with Gasteiger partial charge < -0.3 is 10.4 Å². The van der Waals surface area contributed by atoms with Crippen molar-refractivity contribution in [3.63, 3.8) is 0 Å². The molecule has 25 heavy (non-hydrogen) atoms. The van der Waals surface area contributed by atoms with Crippen molar-refractivity contribution >= 4 is 17.0 Å². The van der Waals surface area contributed by atoms with Crippen molar-refractivity contribution in [2.75, 3.05) is 11.9 Å². The van der Waals surface area contributed by atoms with Crippen molar-refractivity contribution in [1.82, 2.24) is 19.7 Å². The van der Waals surface area contributed by atoms with Gasteiger partial charge in [0.05, 0.1) is 17.5 Å². The number of nitrogens with one attached hydrogen (secondary N) is 2. The Balaban J connectivity index is 1.94. The summed E-state index contributed by atoms with van der Waals surface area (Å²) in [5.74, 6) is 0.434. The molecular formula is C18H23N5O2. The van der Waals surface area contributed by atoms with Crippen molar-refractivity contribution in [3.05, 3.63) is 46.9 Å². The summed E-state index contributed by atoms with van der Waals surface area (Å²) in [6, 6.07) is 9.52. The molecule has 3 N–H and O–H groups in total. The summed E-state index contributed by atoms with van der Waals surface area (Å²) >= 11 is 0. The molecule has 3 rings (SSSR count). The SMILES string of the molecule is CCC(C)C(C)(O)CNc1nc2c(cnn2-c2ccccc2)c(=O)[nH]1. The Kier molecular flexibility index (Phi) is 4.59. The second kappa shape index (κ2) is 6.68. The average molecular weight is 341 g/mol. The molecule has 0 fully saturated rings. The lowest BCUT2D eigenvalue weighted by Crippen LogP contribution is -2.40. The summed E-state index contributed by atoms with van der Waals surface area (Å²) in [5.41, 5.74) is 0.133. The fraction of sp³-hybridized carbons (Fsp3) is 0.389. The van der Waals surface area contributed by atoms with Crippen LogP contribution in [0.2, 0.25) is 0 Å². The van der Waals surface area contributed by atoms with Gasteiger partial charge in [0, 0.05) is 6.54 Å². The molecule has 132 valence electrons. The second-order valence-electron chi connectivity index (χ2n) is 6.56. The summed E-state index contributed by atoms with van der Waals surface area (Å²) in [5, 5.41) is 18.3. The van der Waals surface area contributed by atoms with Crippen LogP contribution >= 0.6 is 0 Å². The van der Waals surface area contributed by atoms with Crippen LogP contribution in [0.4, 0.5) is 5.95 Å². The van der Waals surface area contributed by atoms with Crippen molar-refractivity contribution in [3.8, 4) is 5.69 Å². The molecule has 0 saturated carbocycles. The highest BCUT2D eigenvalue weighted by Crippen LogP contribution is 2.20. The van der Waals surface area contributed by atoms with Gasteiger partial charge in [0.25, 0.3) is 5.56 Å². The molecule has 2 heterocycles. The Bertz CT molecular complexity index is 914. The van der Waals surface area contributed by atoms with E-state index in [1.54, 1.807) is 11.6 Å². The number of aromatic nitrogens is 4. The highest BCUT2D eigenvalue weighted by atomic mass is 16.3. The van der Waals surface area contributed by atoms with Crippen LogP contribution in [0.1, 0.15) is 27.2 Å². The monoisotopic (exact) mass is 341 g/mol. The van der Waals surface area contributed by atoms with Crippen molar-refractivity contribution in [2.45, 2.75) is 32.8 Å². The standard InChI is InChI=1S/C18H23N5O2/c1-4-12(2)18(3,25)11-19-17-21-15-14(16(24)22-17)10-20-23(15)13-8-6-5-7-9-13/h5-10,12,25H,4,11H2,1-3H3,(H2,19,21,22,24). The highest BCUT2D eigenvalue weighted by molar-refractivity contribution is 5.76. The minimum Gasteiger partial charge on any atom is -0.388 e. The minimum atomic E-state index is -0.901. The van der Waals surface area contributed by atoms with E-state index in [0.717, 1.165) is 12.1 Å². The number of para-hydroxylation sites is 1. The van der Waals surface area contributed by atoms with E-state index in [1.165, 1.54) is 6.20 Å². The van der Waals surface area contributed by atoms with Crippen LogP contribution in [-0.4, -0.2) is 37.0 Å². The quantitative estimate of drug-likeness (QED) is 0.639. The molecule has 3 aromatic rings. The molecule has 2 atom stereocenters. The van der Waals surface area contributed by atoms with Gasteiger partial charge in [0.1, 0.15) is 5.39 Å². The number of fused-ring (bicyclic) bond motifs is 1. The largest absolute Gasteiger partial charge is 0.388 e. The maximum Gasteiger partial charge on any atom is 0.263 e. The zero-order valence-electron chi connectivity index (χ0n) is 14.7. The van der Waals surface area contributed by atoms with E-state index in [4.69, 9.17) is 0 Å². The maximum atomic E-state index is 12.3. The molecule has 0 aliphatic carbocycles. The fourth-order valence-electron chi connectivity index (χ4n) is 2.64. The third kappa shape index (κ3) is 3.41. The molecule has 0 spiro atoms. The van der Waals surface area contributed by atoms with Gasteiger partial charge in [-0.15, -0.1) is 0 Å². The first-order valence-electron chi connectivity index (χ1n) is 8.42. The predicted molar refractivity (Wildman–Crippen MR) is 98.1 cm³/mol. The van der Waals surface area contributed by atoms with Gasteiger partial charge >= 0.3 is 0 Å². The number of anilines is 1. The number of hydrogen-bond acceptors (Lipinski definition) is 5. The Morgan fingerprint density at radius 2 is 2.08 bits per heavy atom. The number of aliphatic hydroxyl groups is 1. The molecule has 7 nitrogen and oxygen atoms in total. The van der Waals surface area contributed by atoms with Gasteiger partial charge in [0.15, 0.2) is 5.65 Å². The Labute approximate surface area is 145 Å².